The third-order valence-corrected chi connectivity index (χ3v) is 3.03. The highest BCUT2D eigenvalue weighted by Crippen LogP contribution is 2.22. The Morgan fingerprint density at radius 3 is 2.52 bits per heavy atom. The zero-order valence-corrected chi connectivity index (χ0v) is 11.8. The van der Waals surface area contributed by atoms with Crippen LogP contribution in [0.25, 0.3) is 0 Å². The van der Waals surface area contributed by atoms with Gasteiger partial charge >= 0.3 is 0 Å². The number of hydrogen-bond acceptors (Lipinski definition) is 4. The van der Waals surface area contributed by atoms with E-state index >= 15 is 0 Å². The molecule has 0 saturated heterocycles. The predicted octanol–water partition coefficient (Wildman–Crippen LogP) is 3.61. The largest absolute Gasteiger partial charge is 0.497 e. The van der Waals surface area contributed by atoms with Crippen LogP contribution in [-0.4, -0.2) is 18.0 Å². The van der Waals surface area contributed by atoms with Crippen molar-refractivity contribution >= 4 is 5.71 Å². The van der Waals surface area contributed by atoms with Crippen molar-refractivity contribution in [1.82, 2.24) is 0 Å². The first-order chi connectivity index (χ1) is 10.1. The molecule has 5 heteroatoms. The van der Waals surface area contributed by atoms with Crippen LogP contribution in [0.4, 0.5) is 4.39 Å². The minimum atomic E-state index is -0.412. The molecule has 0 atom stereocenters. The molecule has 0 spiro atoms. The normalized spacial score (nSPS) is 11.3. The second-order valence-electron chi connectivity index (χ2n) is 4.46. The molecule has 0 amide bonds. The van der Waals surface area contributed by atoms with Crippen molar-refractivity contribution < 1.29 is 19.1 Å². The number of rotatable bonds is 5. The van der Waals surface area contributed by atoms with E-state index in [1.165, 1.54) is 18.2 Å². The van der Waals surface area contributed by atoms with E-state index in [2.05, 4.69) is 5.16 Å². The number of halogens is 1. The SMILES string of the molecule is COc1ccc(COc2ccc(F)cc2/C(C)=N\O)cc1. The molecule has 4 nitrogen and oxygen atoms in total. The van der Waals surface area contributed by atoms with Crippen molar-refractivity contribution in [2.24, 2.45) is 5.16 Å². The fraction of sp³-hybridized carbons (Fsp3) is 0.188. The second kappa shape index (κ2) is 6.74. The van der Waals surface area contributed by atoms with Crippen LogP contribution in [-0.2, 0) is 6.61 Å². The van der Waals surface area contributed by atoms with Crippen LogP contribution in [0.2, 0.25) is 0 Å². The molecule has 2 rings (SSSR count). The molecule has 0 radical (unpaired) electrons. The summed E-state index contributed by atoms with van der Waals surface area (Å²) in [5.74, 6) is 0.816. The van der Waals surface area contributed by atoms with Gasteiger partial charge in [0.25, 0.3) is 0 Å². The van der Waals surface area contributed by atoms with E-state index in [1.807, 2.05) is 24.3 Å². The molecule has 0 bridgehead atoms. The first-order valence-corrected chi connectivity index (χ1v) is 6.38. The van der Waals surface area contributed by atoms with E-state index in [1.54, 1.807) is 14.0 Å². The van der Waals surface area contributed by atoms with Crippen LogP contribution in [0.5, 0.6) is 11.5 Å². The fourth-order valence-electron chi connectivity index (χ4n) is 1.85. The van der Waals surface area contributed by atoms with Crippen LogP contribution in [0.3, 0.4) is 0 Å². The van der Waals surface area contributed by atoms with Gasteiger partial charge in [-0.1, -0.05) is 17.3 Å². The summed E-state index contributed by atoms with van der Waals surface area (Å²) in [5.41, 5.74) is 1.66. The Labute approximate surface area is 122 Å². The molecule has 2 aromatic carbocycles. The Kier molecular flexibility index (Phi) is 4.77. The van der Waals surface area contributed by atoms with E-state index in [0.717, 1.165) is 11.3 Å². The van der Waals surface area contributed by atoms with Crippen molar-refractivity contribution in [2.75, 3.05) is 7.11 Å². The standard InChI is InChI=1S/C16H16FNO3/c1-11(18-19)15-9-13(17)5-8-16(15)21-10-12-3-6-14(20-2)7-4-12/h3-9,19H,10H2,1-2H3/b18-11-. The molecule has 0 aliphatic rings. The summed E-state index contributed by atoms with van der Waals surface area (Å²) in [6, 6.07) is 11.5. The molecule has 0 fully saturated rings. The van der Waals surface area contributed by atoms with Gasteiger partial charge in [0, 0.05) is 5.56 Å². The minimum Gasteiger partial charge on any atom is -0.497 e. The van der Waals surface area contributed by atoms with Gasteiger partial charge in [-0.15, -0.1) is 0 Å². The van der Waals surface area contributed by atoms with E-state index in [4.69, 9.17) is 14.7 Å². The molecule has 0 unspecified atom stereocenters. The van der Waals surface area contributed by atoms with Gasteiger partial charge in [-0.3, -0.25) is 0 Å². The molecule has 1 N–H and O–H groups in total. The summed E-state index contributed by atoms with van der Waals surface area (Å²) in [6.07, 6.45) is 0. The summed E-state index contributed by atoms with van der Waals surface area (Å²) >= 11 is 0. The summed E-state index contributed by atoms with van der Waals surface area (Å²) in [4.78, 5) is 0. The average molecular weight is 289 g/mol. The smallest absolute Gasteiger partial charge is 0.129 e. The summed E-state index contributed by atoms with van der Waals surface area (Å²) in [6.45, 7) is 1.90. The zero-order chi connectivity index (χ0) is 15.2. The van der Waals surface area contributed by atoms with Gasteiger partial charge in [-0.25, -0.2) is 4.39 Å². The quantitative estimate of drug-likeness (QED) is 0.519. The van der Waals surface area contributed by atoms with Gasteiger partial charge in [-0.05, 0) is 42.8 Å². The number of methoxy groups -OCH3 is 1. The molecular formula is C16H16FNO3. The van der Waals surface area contributed by atoms with Gasteiger partial charge in [0.15, 0.2) is 0 Å². The van der Waals surface area contributed by atoms with Crippen LogP contribution >= 0.6 is 0 Å². The maximum absolute atomic E-state index is 13.3. The lowest BCUT2D eigenvalue weighted by Gasteiger charge is -2.11. The van der Waals surface area contributed by atoms with Crippen LogP contribution in [0.1, 0.15) is 18.1 Å². The topological polar surface area (TPSA) is 51.0 Å². The number of hydrogen-bond donors (Lipinski definition) is 1. The Morgan fingerprint density at radius 1 is 1.19 bits per heavy atom. The maximum Gasteiger partial charge on any atom is 0.129 e. The Balaban J connectivity index is 2.15. The van der Waals surface area contributed by atoms with Crippen molar-refractivity contribution in [3.05, 3.63) is 59.4 Å². The highest BCUT2D eigenvalue weighted by molar-refractivity contribution is 6.00. The van der Waals surface area contributed by atoms with Gasteiger partial charge < -0.3 is 14.7 Å². The highest BCUT2D eigenvalue weighted by atomic mass is 19.1. The van der Waals surface area contributed by atoms with Crippen LogP contribution in [0, 0.1) is 5.82 Å². The van der Waals surface area contributed by atoms with E-state index in [9.17, 15) is 4.39 Å². The lowest BCUT2D eigenvalue weighted by atomic mass is 10.1. The van der Waals surface area contributed by atoms with Gasteiger partial charge in [-0.2, -0.15) is 0 Å². The van der Waals surface area contributed by atoms with E-state index in [0.29, 0.717) is 23.6 Å². The summed E-state index contributed by atoms with van der Waals surface area (Å²) in [7, 11) is 1.60. The summed E-state index contributed by atoms with van der Waals surface area (Å²) in [5, 5.41) is 11.9. The van der Waals surface area contributed by atoms with Crippen LogP contribution < -0.4 is 9.47 Å². The molecule has 0 aromatic heterocycles. The summed E-state index contributed by atoms with van der Waals surface area (Å²) < 4.78 is 24.0. The van der Waals surface area contributed by atoms with Crippen molar-refractivity contribution in [1.29, 1.82) is 0 Å². The Hall–Kier alpha value is -2.56. The number of ether oxygens (including phenoxy) is 2. The van der Waals surface area contributed by atoms with Crippen molar-refractivity contribution in [3.8, 4) is 11.5 Å². The molecule has 0 heterocycles. The van der Waals surface area contributed by atoms with Crippen molar-refractivity contribution in [3.63, 3.8) is 0 Å². The zero-order valence-electron chi connectivity index (χ0n) is 11.8. The lowest BCUT2D eigenvalue weighted by Crippen LogP contribution is -2.03. The third-order valence-electron chi connectivity index (χ3n) is 3.03. The monoisotopic (exact) mass is 289 g/mol. The average Bonchev–Trinajstić information content (AvgIpc) is 2.53. The van der Waals surface area contributed by atoms with Gasteiger partial charge in [0.05, 0.1) is 12.8 Å². The fourth-order valence-corrected chi connectivity index (χ4v) is 1.85. The number of benzene rings is 2. The number of nitrogens with zero attached hydrogens (tertiary/aromatic N) is 1. The van der Waals surface area contributed by atoms with E-state index < -0.39 is 5.82 Å². The molecule has 110 valence electrons. The van der Waals surface area contributed by atoms with Gasteiger partial charge in [0.1, 0.15) is 23.9 Å². The van der Waals surface area contributed by atoms with Crippen LogP contribution in [0.15, 0.2) is 47.6 Å². The first kappa shape index (κ1) is 14.8. The number of oxime groups is 1. The molecule has 0 aliphatic carbocycles. The predicted molar refractivity (Wildman–Crippen MR) is 77.7 cm³/mol. The van der Waals surface area contributed by atoms with Gasteiger partial charge in [0.2, 0.25) is 0 Å². The minimum absolute atomic E-state index is 0.291. The molecule has 21 heavy (non-hydrogen) atoms. The van der Waals surface area contributed by atoms with E-state index in [-0.39, 0.29) is 0 Å². The molecule has 0 saturated carbocycles. The molecular weight excluding hydrogens is 273 g/mol. The first-order valence-electron chi connectivity index (χ1n) is 6.38. The Bertz CT molecular complexity index is 638. The van der Waals surface area contributed by atoms with Crippen molar-refractivity contribution in [2.45, 2.75) is 13.5 Å². The maximum atomic E-state index is 13.3. The highest BCUT2D eigenvalue weighted by Gasteiger charge is 2.09. The Morgan fingerprint density at radius 2 is 1.90 bits per heavy atom. The molecule has 2 aromatic rings. The second-order valence-corrected chi connectivity index (χ2v) is 4.46. The third kappa shape index (κ3) is 3.72. The molecule has 0 aliphatic heterocycles. The lowest BCUT2D eigenvalue weighted by molar-refractivity contribution is 0.302.